The summed E-state index contributed by atoms with van der Waals surface area (Å²) in [6, 6.07) is 2.05. The van der Waals surface area contributed by atoms with E-state index in [4.69, 9.17) is 11.6 Å². The van der Waals surface area contributed by atoms with Gasteiger partial charge in [-0.25, -0.2) is 0 Å². The molecule has 2 aromatic rings. The van der Waals surface area contributed by atoms with Crippen LogP contribution in [0.15, 0.2) is 18.5 Å². The van der Waals surface area contributed by atoms with Gasteiger partial charge in [-0.2, -0.15) is 10.2 Å². The van der Waals surface area contributed by atoms with Crippen molar-refractivity contribution < 1.29 is 4.79 Å². The molecule has 0 aliphatic carbocycles. The molecule has 0 unspecified atom stereocenters. The van der Waals surface area contributed by atoms with Crippen LogP contribution in [0, 0.1) is 13.8 Å². The molecule has 1 amide bonds. The molecule has 0 aliphatic heterocycles. The van der Waals surface area contributed by atoms with E-state index in [1.54, 1.807) is 17.1 Å². The van der Waals surface area contributed by atoms with Crippen molar-refractivity contribution >= 4 is 17.5 Å². The average molecular weight is 310 g/mol. The fourth-order valence-electron chi connectivity index (χ4n) is 2.12. The minimum absolute atomic E-state index is 0.0231. The molecule has 0 fully saturated rings. The number of hydrogen-bond acceptors (Lipinski definition) is 3. The highest BCUT2D eigenvalue weighted by Crippen LogP contribution is 2.05. The molecule has 2 rings (SSSR count). The fraction of sp³-hybridized carbons (Fsp3) is 0.500. The lowest BCUT2D eigenvalue weighted by Gasteiger charge is -2.07. The molecule has 6 nitrogen and oxygen atoms in total. The summed E-state index contributed by atoms with van der Waals surface area (Å²) in [6.07, 6.45) is 4.53. The first-order chi connectivity index (χ1) is 10.0. The summed E-state index contributed by atoms with van der Waals surface area (Å²) in [5.74, 6) is 0.0231. The second-order valence-corrected chi connectivity index (χ2v) is 5.46. The summed E-state index contributed by atoms with van der Waals surface area (Å²) in [5, 5.41) is 11.9. The molecule has 2 aromatic heterocycles. The van der Waals surface area contributed by atoms with Crippen LogP contribution in [0.1, 0.15) is 24.2 Å². The second-order valence-electron chi connectivity index (χ2n) is 5.03. The Morgan fingerprint density at radius 2 is 2.19 bits per heavy atom. The van der Waals surface area contributed by atoms with Gasteiger partial charge in [0.1, 0.15) is 0 Å². The van der Waals surface area contributed by atoms with Crippen molar-refractivity contribution in [3.05, 3.63) is 34.9 Å². The standard InChI is InChI=1S/C14H20ClN5O/c1-11-8-12(2)20(18-11)6-3-5-16-14(21)4-7-19-10-13(15)9-17-19/h8-10H,3-7H2,1-2H3,(H,16,21). The van der Waals surface area contributed by atoms with E-state index in [1.807, 2.05) is 24.6 Å². The zero-order chi connectivity index (χ0) is 15.2. The van der Waals surface area contributed by atoms with Crippen LogP contribution < -0.4 is 5.32 Å². The average Bonchev–Trinajstić information content (AvgIpc) is 2.98. The van der Waals surface area contributed by atoms with Crippen molar-refractivity contribution in [2.24, 2.45) is 0 Å². The highest BCUT2D eigenvalue weighted by molar-refractivity contribution is 6.30. The van der Waals surface area contributed by atoms with Gasteiger partial charge >= 0.3 is 0 Å². The first-order valence-corrected chi connectivity index (χ1v) is 7.38. The largest absolute Gasteiger partial charge is 0.356 e. The number of carbonyl (C=O) groups excluding carboxylic acids is 1. The molecular formula is C14H20ClN5O. The van der Waals surface area contributed by atoms with E-state index in [0.717, 1.165) is 24.4 Å². The molecular weight excluding hydrogens is 290 g/mol. The maximum Gasteiger partial charge on any atom is 0.221 e. The molecule has 0 aliphatic rings. The number of aryl methyl sites for hydroxylation is 4. The molecule has 0 aromatic carbocycles. The Bertz CT molecular complexity index is 604. The number of halogens is 1. The number of nitrogens with one attached hydrogen (secondary N) is 1. The molecule has 0 bridgehead atoms. The van der Waals surface area contributed by atoms with E-state index in [-0.39, 0.29) is 5.91 Å². The van der Waals surface area contributed by atoms with Crippen LogP contribution in [0.25, 0.3) is 0 Å². The number of hydrogen-bond donors (Lipinski definition) is 1. The Hall–Kier alpha value is -1.82. The third-order valence-electron chi connectivity index (χ3n) is 3.14. The number of aromatic nitrogens is 4. The third-order valence-corrected chi connectivity index (χ3v) is 3.34. The second kappa shape index (κ2) is 7.26. The summed E-state index contributed by atoms with van der Waals surface area (Å²) in [5.41, 5.74) is 2.17. The van der Waals surface area contributed by atoms with Gasteiger partial charge in [-0.1, -0.05) is 11.6 Å². The first kappa shape index (κ1) is 15.6. The first-order valence-electron chi connectivity index (χ1n) is 7.00. The van der Waals surface area contributed by atoms with Crippen LogP contribution in [0.4, 0.5) is 0 Å². The van der Waals surface area contributed by atoms with Gasteiger partial charge in [-0.15, -0.1) is 0 Å². The zero-order valence-corrected chi connectivity index (χ0v) is 13.1. The SMILES string of the molecule is Cc1cc(C)n(CCCNC(=O)CCn2cc(Cl)cn2)n1. The van der Waals surface area contributed by atoms with E-state index < -0.39 is 0 Å². The fourth-order valence-corrected chi connectivity index (χ4v) is 2.28. The molecule has 0 atom stereocenters. The van der Waals surface area contributed by atoms with Crippen LogP contribution in [-0.4, -0.2) is 32.0 Å². The maximum atomic E-state index is 11.7. The minimum Gasteiger partial charge on any atom is -0.356 e. The van der Waals surface area contributed by atoms with E-state index in [2.05, 4.69) is 15.5 Å². The predicted molar refractivity (Wildman–Crippen MR) is 81.2 cm³/mol. The highest BCUT2D eigenvalue weighted by Gasteiger charge is 2.04. The summed E-state index contributed by atoms with van der Waals surface area (Å²) >= 11 is 5.76. The van der Waals surface area contributed by atoms with E-state index in [9.17, 15) is 4.79 Å². The summed E-state index contributed by atoms with van der Waals surface area (Å²) in [6.45, 7) is 6.02. The van der Waals surface area contributed by atoms with Crippen molar-refractivity contribution in [1.29, 1.82) is 0 Å². The van der Waals surface area contributed by atoms with Crippen LogP contribution in [-0.2, 0) is 17.9 Å². The monoisotopic (exact) mass is 309 g/mol. The van der Waals surface area contributed by atoms with Crippen LogP contribution >= 0.6 is 11.6 Å². The van der Waals surface area contributed by atoms with E-state index >= 15 is 0 Å². The zero-order valence-electron chi connectivity index (χ0n) is 12.3. The van der Waals surface area contributed by atoms with Gasteiger partial charge in [0.25, 0.3) is 0 Å². The van der Waals surface area contributed by atoms with Crippen molar-refractivity contribution in [3.8, 4) is 0 Å². The van der Waals surface area contributed by atoms with Gasteiger partial charge in [-0.3, -0.25) is 14.2 Å². The van der Waals surface area contributed by atoms with E-state index in [0.29, 0.717) is 24.5 Å². The van der Waals surface area contributed by atoms with Crippen LogP contribution in [0.5, 0.6) is 0 Å². The molecule has 1 N–H and O–H groups in total. The summed E-state index contributed by atoms with van der Waals surface area (Å²) in [4.78, 5) is 11.7. The summed E-state index contributed by atoms with van der Waals surface area (Å²) < 4.78 is 3.63. The maximum absolute atomic E-state index is 11.7. The number of amides is 1. The van der Waals surface area contributed by atoms with Crippen molar-refractivity contribution in [3.63, 3.8) is 0 Å². The Balaban J connectivity index is 1.62. The lowest BCUT2D eigenvalue weighted by Crippen LogP contribution is -2.26. The Morgan fingerprint density at radius 1 is 1.38 bits per heavy atom. The summed E-state index contributed by atoms with van der Waals surface area (Å²) in [7, 11) is 0. The van der Waals surface area contributed by atoms with Gasteiger partial charge in [0.05, 0.1) is 16.9 Å². The molecule has 0 spiro atoms. The molecule has 114 valence electrons. The quantitative estimate of drug-likeness (QED) is 0.795. The van der Waals surface area contributed by atoms with Gasteiger partial charge < -0.3 is 5.32 Å². The lowest BCUT2D eigenvalue weighted by molar-refractivity contribution is -0.121. The number of rotatable bonds is 7. The Morgan fingerprint density at radius 3 is 2.81 bits per heavy atom. The molecule has 0 saturated heterocycles. The molecule has 0 radical (unpaired) electrons. The molecule has 21 heavy (non-hydrogen) atoms. The lowest BCUT2D eigenvalue weighted by atomic mass is 10.3. The topological polar surface area (TPSA) is 64.7 Å². The molecule has 7 heteroatoms. The van der Waals surface area contributed by atoms with Crippen LogP contribution in [0.2, 0.25) is 5.02 Å². The third kappa shape index (κ3) is 4.90. The predicted octanol–water partition coefficient (Wildman–Crippen LogP) is 1.95. The molecule has 0 saturated carbocycles. The number of carbonyl (C=O) groups is 1. The van der Waals surface area contributed by atoms with Crippen LogP contribution in [0.3, 0.4) is 0 Å². The van der Waals surface area contributed by atoms with Crippen molar-refractivity contribution in [2.45, 2.75) is 39.8 Å². The van der Waals surface area contributed by atoms with Gasteiger partial charge in [-0.05, 0) is 26.3 Å². The molecule has 2 heterocycles. The van der Waals surface area contributed by atoms with E-state index in [1.165, 1.54) is 0 Å². The smallest absolute Gasteiger partial charge is 0.221 e. The van der Waals surface area contributed by atoms with Gasteiger partial charge in [0.15, 0.2) is 0 Å². The highest BCUT2D eigenvalue weighted by atomic mass is 35.5. The Kier molecular flexibility index (Phi) is 5.38. The minimum atomic E-state index is 0.0231. The van der Waals surface area contributed by atoms with Gasteiger partial charge in [0.2, 0.25) is 5.91 Å². The van der Waals surface area contributed by atoms with Crippen molar-refractivity contribution in [2.75, 3.05) is 6.54 Å². The number of nitrogens with zero attached hydrogens (tertiary/aromatic N) is 4. The normalized spacial score (nSPS) is 10.8. The van der Waals surface area contributed by atoms with Crippen molar-refractivity contribution in [1.82, 2.24) is 24.9 Å². The van der Waals surface area contributed by atoms with Gasteiger partial charge in [0, 0.05) is 37.9 Å². The Labute approximate surface area is 129 Å².